The molecule has 0 aliphatic carbocycles. The maximum atomic E-state index is 13.7. The van der Waals surface area contributed by atoms with Gasteiger partial charge < -0.3 is 20.3 Å². The first-order chi connectivity index (χ1) is 17.7. The van der Waals surface area contributed by atoms with Crippen molar-refractivity contribution >= 4 is 23.4 Å². The topological polar surface area (TPSA) is 82.6 Å². The van der Waals surface area contributed by atoms with Gasteiger partial charge in [-0.3, -0.25) is 9.69 Å². The van der Waals surface area contributed by atoms with Crippen molar-refractivity contribution in [2.24, 2.45) is 0 Å². The highest BCUT2D eigenvalue weighted by molar-refractivity contribution is 6.11. The SMILES string of the molecule is CCNc1ncc2c(n1)N1CCCC1N(c1cccc(COC(CCNC)c3ccccc3)c1)C2=O. The van der Waals surface area contributed by atoms with E-state index in [1.165, 1.54) is 5.56 Å². The van der Waals surface area contributed by atoms with Gasteiger partial charge in [-0.05, 0) is 63.0 Å². The summed E-state index contributed by atoms with van der Waals surface area (Å²) in [6.45, 7) is 4.96. The van der Waals surface area contributed by atoms with Gasteiger partial charge in [-0.25, -0.2) is 4.98 Å². The van der Waals surface area contributed by atoms with Gasteiger partial charge in [0.1, 0.15) is 17.5 Å². The number of aromatic nitrogens is 2. The lowest BCUT2D eigenvalue weighted by atomic mass is 10.1. The monoisotopic (exact) mass is 486 g/mol. The molecule has 0 radical (unpaired) electrons. The Morgan fingerprint density at radius 1 is 1.17 bits per heavy atom. The summed E-state index contributed by atoms with van der Waals surface area (Å²) in [6.07, 6.45) is 4.42. The molecule has 8 nitrogen and oxygen atoms in total. The number of rotatable bonds is 10. The van der Waals surface area contributed by atoms with Crippen molar-refractivity contribution in [3.8, 4) is 0 Å². The molecule has 3 aromatic rings. The van der Waals surface area contributed by atoms with Gasteiger partial charge in [-0.2, -0.15) is 4.98 Å². The number of carbonyl (C=O) groups is 1. The standard InChI is InChI=1S/C28H34N6O2/c1-3-30-28-31-18-23-26(32-28)33-16-8-13-25(33)34(27(23)35)22-12-7-9-20(17-22)19-36-24(14-15-29-2)21-10-5-4-6-11-21/h4-7,9-12,17-18,24-25,29H,3,8,13-16,19H2,1-2H3,(H,30,31,32). The first-order valence-corrected chi connectivity index (χ1v) is 12.8. The van der Waals surface area contributed by atoms with E-state index in [4.69, 9.17) is 4.74 Å². The van der Waals surface area contributed by atoms with E-state index in [1.807, 2.05) is 49.2 Å². The van der Waals surface area contributed by atoms with Crippen LogP contribution in [-0.2, 0) is 11.3 Å². The molecule has 2 atom stereocenters. The van der Waals surface area contributed by atoms with Gasteiger partial charge in [0, 0.05) is 25.0 Å². The molecule has 8 heteroatoms. The van der Waals surface area contributed by atoms with E-state index < -0.39 is 0 Å². The number of fused-ring (bicyclic) bond motifs is 3. The smallest absolute Gasteiger partial charge is 0.265 e. The number of nitrogens with zero attached hydrogens (tertiary/aromatic N) is 4. The zero-order chi connectivity index (χ0) is 24.9. The molecule has 2 N–H and O–H groups in total. The van der Waals surface area contributed by atoms with Gasteiger partial charge >= 0.3 is 0 Å². The van der Waals surface area contributed by atoms with Crippen LogP contribution in [0.3, 0.4) is 0 Å². The Bertz CT molecular complexity index is 1190. The van der Waals surface area contributed by atoms with Gasteiger partial charge in [-0.1, -0.05) is 42.5 Å². The molecule has 0 saturated carbocycles. The molecule has 188 valence electrons. The summed E-state index contributed by atoms with van der Waals surface area (Å²) in [5.41, 5.74) is 3.64. The molecular weight excluding hydrogens is 452 g/mol. The Balaban J connectivity index is 1.38. The third kappa shape index (κ3) is 4.92. The summed E-state index contributed by atoms with van der Waals surface area (Å²) in [6, 6.07) is 18.5. The van der Waals surface area contributed by atoms with Crippen LogP contribution < -0.4 is 20.4 Å². The van der Waals surface area contributed by atoms with Crippen molar-refractivity contribution in [2.75, 3.05) is 41.8 Å². The highest BCUT2D eigenvalue weighted by Gasteiger charge is 2.42. The minimum absolute atomic E-state index is 0.000741. The lowest BCUT2D eigenvalue weighted by molar-refractivity contribution is 0.0344. The summed E-state index contributed by atoms with van der Waals surface area (Å²) in [7, 11) is 1.96. The Morgan fingerprint density at radius 2 is 2.03 bits per heavy atom. The van der Waals surface area contributed by atoms with Crippen LogP contribution in [0.2, 0.25) is 0 Å². The molecular formula is C28H34N6O2. The fraction of sp³-hybridized carbons (Fsp3) is 0.393. The van der Waals surface area contributed by atoms with Crippen molar-refractivity contribution in [2.45, 2.75) is 45.1 Å². The first kappa shape index (κ1) is 24.2. The molecule has 1 fully saturated rings. The predicted molar refractivity (Wildman–Crippen MR) is 142 cm³/mol. The number of amides is 1. The highest BCUT2D eigenvalue weighted by Crippen LogP contribution is 2.38. The molecule has 1 aromatic heterocycles. The van der Waals surface area contributed by atoms with E-state index in [0.717, 1.165) is 56.0 Å². The second kappa shape index (κ2) is 11.1. The number of nitrogens with one attached hydrogen (secondary N) is 2. The number of ether oxygens (including phenoxy) is 1. The molecule has 36 heavy (non-hydrogen) atoms. The molecule has 2 unspecified atom stereocenters. The second-order valence-electron chi connectivity index (χ2n) is 9.23. The average molecular weight is 487 g/mol. The zero-order valence-electron chi connectivity index (χ0n) is 21.0. The maximum Gasteiger partial charge on any atom is 0.265 e. The van der Waals surface area contributed by atoms with Crippen molar-refractivity contribution in [1.82, 2.24) is 15.3 Å². The molecule has 1 amide bonds. The van der Waals surface area contributed by atoms with Crippen LogP contribution >= 0.6 is 0 Å². The molecule has 1 saturated heterocycles. The van der Waals surface area contributed by atoms with Gasteiger partial charge in [0.2, 0.25) is 5.95 Å². The maximum absolute atomic E-state index is 13.7. The minimum Gasteiger partial charge on any atom is -0.369 e. The van der Waals surface area contributed by atoms with Gasteiger partial charge in [0.05, 0.1) is 12.7 Å². The number of anilines is 3. The molecule has 2 aromatic carbocycles. The van der Waals surface area contributed by atoms with E-state index in [0.29, 0.717) is 18.1 Å². The number of carbonyl (C=O) groups excluding carboxylic acids is 1. The third-order valence-corrected chi connectivity index (χ3v) is 6.81. The predicted octanol–water partition coefficient (Wildman–Crippen LogP) is 4.36. The normalized spacial score (nSPS) is 17.6. The number of hydrogen-bond donors (Lipinski definition) is 2. The van der Waals surface area contributed by atoms with Crippen LogP contribution in [0.25, 0.3) is 0 Å². The molecule has 0 bridgehead atoms. The van der Waals surface area contributed by atoms with Crippen molar-refractivity contribution in [1.29, 1.82) is 0 Å². The number of benzene rings is 2. The Labute approximate surface area is 212 Å². The van der Waals surface area contributed by atoms with Crippen LogP contribution in [0.4, 0.5) is 17.5 Å². The van der Waals surface area contributed by atoms with E-state index in [-0.39, 0.29) is 18.2 Å². The third-order valence-electron chi connectivity index (χ3n) is 6.81. The Kier molecular flexibility index (Phi) is 7.44. The Morgan fingerprint density at radius 3 is 2.83 bits per heavy atom. The lowest BCUT2D eigenvalue weighted by Crippen LogP contribution is -2.53. The fourth-order valence-corrected chi connectivity index (χ4v) is 5.09. The number of hydrogen-bond acceptors (Lipinski definition) is 7. The first-order valence-electron chi connectivity index (χ1n) is 12.8. The summed E-state index contributed by atoms with van der Waals surface area (Å²) in [4.78, 5) is 26.9. The van der Waals surface area contributed by atoms with Crippen molar-refractivity contribution in [3.05, 3.63) is 77.5 Å². The molecule has 0 spiro atoms. The molecule has 2 aliphatic heterocycles. The summed E-state index contributed by atoms with van der Waals surface area (Å²) in [5, 5.41) is 6.38. The van der Waals surface area contributed by atoms with Gasteiger partial charge in [-0.15, -0.1) is 0 Å². The van der Waals surface area contributed by atoms with E-state index in [9.17, 15) is 4.79 Å². The molecule has 2 aliphatic rings. The summed E-state index contributed by atoms with van der Waals surface area (Å²) in [5.74, 6) is 1.25. The summed E-state index contributed by atoms with van der Waals surface area (Å²) >= 11 is 0. The summed E-state index contributed by atoms with van der Waals surface area (Å²) < 4.78 is 6.38. The second-order valence-corrected chi connectivity index (χ2v) is 9.23. The highest BCUT2D eigenvalue weighted by atomic mass is 16.5. The van der Waals surface area contributed by atoms with Crippen LogP contribution in [0.1, 0.15) is 53.8 Å². The average Bonchev–Trinajstić information content (AvgIpc) is 3.40. The van der Waals surface area contributed by atoms with Crippen LogP contribution in [0.15, 0.2) is 60.8 Å². The van der Waals surface area contributed by atoms with Gasteiger partial charge in [0.25, 0.3) is 5.91 Å². The molecule has 5 rings (SSSR count). The van der Waals surface area contributed by atoms with Crippen LogP contribution in [0, 0.1) is 0 Å². The van der Waals surface area contributed by atoms with Crippen molar-refractivity contribution < 1.29 is 9.53 Å². The molecule has 3 heterocycles. The largest absolute Gasteiger partial charge is 0.369 e. The fourth-order valence-electron chi connectivity index (χ4n) is 5.09. The van der Waals surface area contributed by atoms with Crippen LogP contribution in [0.5, 0.6) is 0 Å². The van der Waals surface area contributed by atoms with E-state index >= 15 is 0 Å². The lowest BCUT2D eigenvalue weighted by Gasteiger charge is -2.41. The van der Waals surface area contributed by atoms with Crippen molar-refractivity contribution in [3.63, 3.8) is 0 Å². The van der Waals surface area contributed by atoms with E-state index in [1.54, 1.807) is 6.20 Å². The minimum atomic E-state index is -0.0505. The zero-order valence-corrected chi connectivity index (χ0v) is 21.0. The quantitative estimate of drug-likeness (QED) is 0.441. The Hall–Kier alpha value is -3.49. The van der Waals surface area contributed by atoms with E-state index in [2.05, 4.69) is 49.8 Å². The van der Waals surface area contributed by atoms with Gasteiger partial charge in [0.15, 0.2) is 0 Å². The van der Waals surface area contributed by atoms with Crippen LogP contribution in [-0.4, -0.2) is 48.7 Å².